The Morgan fingerprint density at radius 2 is 1.83 bits per heavy atom. The van der Waals surface area contributed by atoms with E-state index in [-0.39, 0.29) is 17.4 Å². The van der Waals surface area contributed by atoms with Crippen molar-refractivity contribution in [3.8, 4) is 5.75 Å². The summed E-state index contributed by atoms with van der Waals surface area (Å²) < 4.78 is 94.8. The standard InChI is InChI=1S/C14H13F5O4S/c15-13(16)6-8-9(23-7-2-1-3-7)4-5-10(11(8)12(13)20)24(21,22)14(17,18)19/h4-5,7,12,20H,1-3,6H2/t12-/m0/s1. The van der Waals surface area contributed by atoms with E-state index in [4.69, 9.17) is 4.74 Å². The Balaban J connectivity index is 2.15. The van der Waals surface area contributed by atoms with Crippen LogP contribution in [0.2, 0.25) is 0 Å². The predicted octanol–water partition coefficient (Wildman–Crippen LogP) is 3.14. The molecule has 24 heavy (non-hydrogen) atoms. The number of fused-ring (bicyclic) bond motifs is 1. The van der Waals surface area contributed by atoms with Crippen LogP contribution in [0.15, 0.2) is 17.0 Å². The monoisotopic (exact) mass is 372 g/mol. The van der Waals surface area contributed by atoms with Crippen molar-refractivity contribution < 1.29 is 40.2 Å². The molecule has 134 valence electrons. The van der Waals surface area contributed by atoms with Crippen molar-refractivity contribution in [2.24, 2.45) is 0 Å². The number of alkyl halides is 5. The molecule has 2 aliphatic rings. The first-order chi connectivity index (χ1) is 10.9. The van der Waals surface area contributed by atoms with E-state index in [1.807, 2.05) is 0 Å². The van der Waals surface area contributed by atoms with Gasteiger partial charge in [0.2, 0.25) is 0 Å². The number of sulfone groups is 1. The summed E-state index contributed by atoms with van der Waals surface area (Å²) in [6, 6.07) is 1.52. The number of benzene rings is 1. The fourth-order valence-electron chi connectivity index (χ4n) is 2.79. The molecular formula is C14H13F5O4S. The van der Waals surface area contributed by atoms with Crippen molar-refractivity contribution in [3.63, 3.8) is 0 Å². The Hall–Kier alpha value is -1.42. The predicted molar refractivity (Wildman–Crippen MR) is 71.6 cm³/mol. The second kappa shape index (κ2) is 5.29. The van der Waals surface area contributed by atoms with Gasteiger partial charge in [-0.2, -0.15) is 13.2 Å². The van der Waals surface area contributed by atoms with Crippen molar-refractivity contribution in [3.05, 3.63) is 23.3 Å². The molecule has 0 unspecified atom stereocenters. The summed E-state index contributed by atoms with van der Waals surface area (Å²) in [4.78, 5) is -1.35. The normalized spacial score (nSPS) is 23.7. The van der Waals surface area contributed by atoms with Crippen molar-refractivity contribution in [1.29, 1.82) is 0 Å². The fraction of sp³-hybridized carbons (Fsp3) is 0.571. The van der Waals surface area contributed by atoms with Crippen LogP contribution >= 0.6 is 0 Å². The lowest BCUT2D eigenvalue weighted by Crippen LogP contribution is -2.27. The van der Waals surface area contributed by atoms with E-state index < -0.39 is 44.3 Å². The Morgan fingerprint density at radius 3 is 2.33 bits per heavy atom. The topological polar surface area (TPSA) is 63.6 Å². The van der Waals surface area contributed by atoms with Crippen molar-refractivity contribution in [2.45, 2.75) is 54.2 Å². The minimum atomic E-state index is -5.87. The minimum Gasteiger partial charge on any atom is -0.490 e. The molecule has 4 nitrogen and oxygen atoms in total. The van der Waals surface area contributed by atoms with E-state index in [1.54, 1.807) is 0 Å². The average molecular weight is 372 g/mol. The van der Waals surface area contributed by atoms with Crippen molar-refractivity contribution >= 4 is 9.84 Å². The smallest absolute Gasteiger partial charge is 0.490 e. The summed E-state index contributed by atoms with van der Waals surface area (Å²) in [6.07, 6.45) is -1.72. The molecule has 0 saturated heterocycles. The van der Waals surface area contributed by atoms with Crippen LogP contribution in [0.5, 0.6) is 5.75 Å². The molecule has 1 fully saturated rings. The van der Waals surface area contributed by atoms with Crippen LogP contribution in [0.4, 0.5) is 22.0 Å². The highest BCUT2D eigenvalue weighted by Gasteiger charge is 2.55. The summed E-state index contributed by atoms with van der Waals surface area (Å²) in [5, 5.41) is 9.71. The summed E-state index contributed by atoms with van der Waals surface area (Å²) in [6.45, 7) is 0. The van der Waals surface area contributed by atoms with E-state index in [9.17, 15) is 35.5 Å². The highest BCUT2D eigenvalue weighted by Crippen LogP contribution is 2.50. The number of hydrogen-bond acceptors (Lipinski definition) is 4. The minimum absolute atomic E-state index is 0.105. The van der Waals surface area contributed by atoms with Crippen LogP contribution in [0.25, 0.3) is 0 Å². The molecule has 2 aliphatic carbocycles. The SMILES string of the molecule is O=S(=O)(c1ccc(OC2CCC2)c2c1[C@H](O)C(F)(F)C2)C(F)(F)F. The lowest BCUT2D eigenvalue weighted by molar-refractivity contribution is -0.0979. The van der Waals surface area contributed by atoms with Gasteiger partial charge in [-0.15, -0.1) is 0 Å². The van der Waals surface area contributed by atoms with Crippen LogP contribution in [-0.4, -0.2) is 31.1 Å². The first-order valence-electron chi connectivity index (χ1n) is 7.15. The molecule has 0 aliphatic heterocycles. The maximum atomic E-state index is 13.8. The second-order valence-corrected chi connectivity index (χ2v) is 7.82. The summed E-state index contributed by atoms with van der Waals surface area (Å²) >= 11 is 0. The lowest BCUT2D eigenvalue weighted by Gasteiger charge is -2.27. The number of hydrogen-bond donors (Lipinski definition) is 1. The molecule has 0 amide bonds. The summed E-state index contributed by atoms with van der Waals surface area (Å²) in [5.74, 6) is -3.87. The number of ether oxygens (including phenoxy) is 1. The van der Waals surface area contributed by atoms with E-state index >= 15 is 0 Å². The fourth-order valence-corrected chi connectivity index (χ4v) is 3.81. The second-order valence-electron chi connectivity index (χ2n) is 5.91. The molecule has 1 N–H and O–H groups in total. The number of aliphatic hydroxyl groups is 1. The van der Waals surface area contributed by atoms with Gasteiger partial charge in [-0.25, -0.2) is 17.2 Å². The summed E-state index contributed by atoms with van der Waals surface area (Å²) in [7, 11) is -5.87. The maximum absolute atomic E-state index is 13.8. The first-order valence-corrected chi connectivity index (χ1v) is 8.63. The van der Waals surface area contributed by atoms with Crippen LogP contribution in [0, 0.1) is 0 Å². The van der Waals surface area contributed by atoms with Gasteiger partial charge in [0.15, 0.2) is 0 Å². The molecule has 0 heterocycles. The average Bonchev–Trinajstić information content (AvgIpc) is 2.64. The van der Waals surface area contributed by atoms with Gasteiger partial charge in [-0.05, 0) is 31.4 Å². The van der Waals surface area contributed by atoms with Gasteiger partial charge in [-0.3, -0.25) is 0 Å². The maximum Gasteiger partial charge on any atom is 0.501 e. The largest absolute Gasteiger partial charge is 0.501 e. The van der Waals surface area contributed by atoms with Crippen LogP contribution < -0.4 is 4.74 Å². The molecule has 0 spiro atoms. The van der Waals surface area contributed by atoms with E-state index in [2.05, 4.69) is 0 Å². The van der Waals surface area contributed by atoms with Crippen LogP contribution in [0.3, 0.4) is 0 Å². The van der Waals surface area contributed by atoms with Gasteiger partial charge < -0.3 is 9.84 Å². The zero-order chi connectivity index (χ0) is 17.9. The van der Waals surface area contributed by atoms with Gasteiger partial charge in [0.1, 0.15) is 11.9 Å². The quantitative estimate of drug-likeness (QED) is 0.828. The molecule has 1 aromatic carbocycles. The van der Waals surface area contributed by atoms with Crippen LogP contribution in [0.1, 0.15) is 36.5 Å². The number of aliphatic hydroxyl groups excluding tert-OH is 1. The third-order valence-corrected chi connectivity index (χ3v) is 5.84. The first kappa shape index (κ1) is 17.4. The molecule has 10 heteroatoms. The molecule has 3 rings (SSSR count). The van der Waals surface area contributed by atoms with Crippen molar-refractivity contribution in [2.75, 3.05) is 0 Å². The molecule has 0 aromatic heterocycles. The van der Waals surface area contributed by atoms with Gasteiger partial charge in [0.05, 0.1) is 11.0 Å². The van der Waals surface area contributed by atoms with Gasteiger partial charge in [0, 0.05) is 17.5 Å². The molecule has 1 saturated carbocycles. The number of rotatable bonds is 3. The van der Waals surface area contributed by atoms with Gasteiger partial charge in [0.25, 0.3) is 15.8 Å². The molecule has 1 aromatic rings. The highest BCUT2D eigenvalue weighted by molar-refractivity contribution is 7.92. The Labute approximate surface area is 134 Å². The van der Waals surface area contributed by atoms with Crippen LogP contribution in [-0.2, 0) is 16.3 Å². The Morgan fingerprint density at radius 1 is 1.21 bits per heavy atom. The number of halogens is 5. The summed E-state index contributed by atoms with van der Waals surface area (Å²) in [5.41, 5.74) is -6.96. The van der Waals surface area contributed by atoms with Gasteiger partial charge >= 0.3 is 5.51 Å². The lowest BCUT2D eigenvalue weighted by atomic mass is 9.96. The van der Waals surface area contributed by atoms with Gasteiger partial charge in [-0.1, -0.05) is 0 Å². The third kappa shape index (κ3) is 2.55. The highest BCUT2D eigenvalue weighted by atomic mass is 32.2. The Bertz CT molecular complexity index is 768. The third-order valence-electron chi connectivity index (χ3n) is 4.30. The molecular weight excluding hydrogens is 359 g/mol. The molecule has 0 bridgehead atoms. The van der Waals surface area contributed by atoms with E-state index in [0.29, 0.717) is 18.9 Å². The molecule has 0 radical (unpaired) electrons. The van der Waals surface area contributed by atoms with E-state index in [1.165, 1.54) is 0 Å². The van der Waals surface area contributed by atoms with E-state index in [0.717, 1.165) is 12.5 Å². The van der Waals surface area contributed by atoms with Crippen molar-refractivity contribution in [1.82, 2.24) is 0 Å². The molecule has 1 atom stereocenters. The Kier molecular flexibility index (Phi) is 3.83. The zero-order valence-corrected chi connectivity index (χ0v) is 12.9. The zero-order valence-electron chi connectivity index (χ0n) is 12.1.